The summed E-state index contributed by atoms with van der Waals surface area (Å²) in [6, 6.07) is 7.85. The third-order valence-corrected chi connectivity index (χ3v) is 5.00. The summed E-state index contributed by atoms with van der Waals surface area (Å²) in [5.41, 5.74) is 0.237. The van der Waals surface area contributed by atoms with Crippen LogP contribution in [0.15, 0.2) is 30.3 Å². The second-order valence-corrected chi connectivity index (χ2v) is 6.40. The molecule has 0 aliphatic carbocycles. The molecule has 8 heteroatoms. The molecule has 1 heterocycles. The quantitative estimate of drug-likeness (QED) is 0.447. The summed E-state index contributed by atoms with van der Waals surface area (Å²) in [5, 5.41) is 3.09. The number of nitrogens with two attached hydrogens (primary N) is 1. The minimum absolute atomic E-state index is 0.237. The standard InChI is InChI=1S/C12H18N4O3S/c1-10-9-14-7-8-15(10)20(18,19)16(13)12(17)11-5-3-2-4-6-11/h2-6,10,14H,7-9,13H2,1H3. The molecule has 2 rings (SSSR count). The average molecular weight is 298 g/mol. The molecule has 7 nitrogen and oxygen atoms in total. The van der Waals surface area contributed by atoms with E-state index in [1.165, 1.54) is 16.4 Å². The van der Waals surface area contributed by atoms with Crippen LogP contribution in [0.25, 0.3) is 0 Å². The van der Waals surface area contributed by atoms with Crippen LogP contribution in [-0.2, 0) is 10.2 Å². The second kappa shape index (κ2) is 5.88. The van der Waals surface area contributed by atoms with Crippen LogP contribution in [0.3, 0.4) is 0 Å². The minimum Gasteiger partial charge on any atom is -0.314 e. The van der Waals surface area contributed by atoms with Gasteiger partial charge in [0.1, 0.15) is 0 Å². The van der Waals surface area contributed by atoms with Crippen molar-refractivity contribution < 1.29 is 13.2 Å². The Bertz CT molecular complexity index is 576. The molecule has 0 bridgehead atoms. The van der Waals surface area contributed by atoms with E-state index in [0.29, 0.717) is 24.0 Å². The zero-order valence-corrected chi connectivity index (χ0v) is 12.0. The smallest absolute Gasteiger partial charge is 0.314 e. The van der Waals surface area contributed by atoms with Crippen LogP contribution in [0.2, 0.25) is 0 Å². The van der Waals surface area contributed by atoms with Crippen LogP contribution in [0.1, 0.15) is 17.3 Å². The van der Waals surface area contributed by atoms with Crippen LogP contribution >= 0.6 is 0 Å². The van der Waals surface area contributed by atoms with Gasteiger partial charge in [0.15, 0.2) is 0 Å². The Labute approximate surface area is 118 Å². The maximum Gasteiger partial charge on any atom is 0.320 e. The van der Waals surface area contributed by atoms with Crippen LogP contribution < -0.4 is 11.2 Å². The van der Waals surface area contributed by atoms with Crippen LogP contribution in [0, 0.1) is 0 Å². The van der Waals surface area contributed by atoms with Crippen LogP contribution in [0.5, 0.6) is 0 Å². The zero-order chi connectivity index (χ0) is 14.8. The van der Waals surface area contributed by atoms with Gasteiger partial charge in [-0.2, -0.15) is 17.1 Å². The van der Waals surface area contributed by atoms with Crippen molar-refractivity contribution in [2.75, 3.05) is 19.6 Å². The Hall–Kier alpha value is -1.48. The van der Waals surface area contributed by atoms with E-state index in [9.17, 15) is 13.2 Å². The number of piperazine rings is 1. The lowest BCUT2D eigenvalue weighted by molar-refractivity contribution is 0.0849. The number of carbonyl (C=O) groups excluding carboxylic acids is 1. The number of nitrogens with zero attached hydrogens (tertiary/aromatic N) is 2. The van der Waals surface area contributed by atoms with E-state index in [1.54, 1.807) is 25.1 Å². The van der Waals surface area contributed by atoms with Crippen molar-refractivity contribution in [3.05, 3.63) is 35.9 Å². The van der Waals surface area contributed by atoms with Crippen molar-refractivity contribution in [2.45, 2.75) is 13.0 Å². The molecule has 1 atom stereocenters. The summed E-state index contributed by atoms with van der Waals surface area (Å²) in [6.45, 7) is 3.13. The molecular weight excluding hydrogens is 280 g/mol. The number of carbonyl (C=O) groups is 1. The molecule has 1 aliphatic heterocycles. The molecule has 20 heavy (non-hydrogen) atoms. The van der Waals surface area contributed by atoms with Gasteiger partial charge in [0, 0.05) is 31.2 Å². The molecule has 3 N–H and O–H groups in total. The largest absolute Gasteiger partial charge is 0.320 e. The van der Waals surface area contributed by atoms with Crippen LogP contribution in [0.4, 0.5) is 0 Å². The van der Waals surface area contributed by atoms with E-state index in [2.05, 4.69) is 5.32 Å². The van der Waals surface area contributed by atoms with Gasteiger partial charge in [-0.3, -0.25) is 4.79 Å². The summed E-state index contributed by atoms with van der Waals surface area (Å²) in [6.07, 6.45) is 0. The summed E-state index contributed by atoms with van der Waals surface area (Å²) in [5.74, 6) is 4.81. The molecule has 1 unspecified atom stereocenters. The fraction of sp³-hybridized carbons (Fsp3) is 0.417. The fourth-order valence-electron chi connectivity index (χ4n) is 2.09. The first-order chi connectivity index (χ1) is 9.44. The van der Waals surface area contributed by atoms with Crippen molar-refractivity contribution in [3.63, 3.8) is 0 Å². The monoisotopic (exact) mass is 298 g/mol. The van der Waals surface area contributed by atoms with Crippen molar-refractivity contribution in [1.29, 1.82) is 0 Å². The highest BCUT2D eigenvalue weighted by molar-refractivity contribution is 7.87. The number of benzene rings is 1. The molecule has 1 amide bonds. The molecule has 0 aromatic heterocycles. The van der Waals surface area contributed by atoms with Gasteiger partial charge < -0.3 is 5.32 Å². The highest BCUT2D eigenvalue weighted by atomic mass is 32.2. The van der Waals surface area contributed by atoms with Crippen molar-refractivity contribution in [2.24, 2.45) is 5.84 Å². The van der Waals surface area contributed by atoms with Gasteiger partial charge in [-0.15, -0.1) is 0 Å². The highest BCUT2D eigenvalue weighted by Gasteiger charge is 2.36. The Kier molecular flexibility index (Phi) is 4.39. The number of hydrogen-bond donors (Lipinski definition) is 2. The van der Waals surface area contributed by atoms with Gasteiger partial charge in [0.2, 0.25) is 0 Å². The summed E-state index contributed by atoms with van der Waals surface area (Å²) < 4.78 is 26.3. The van der Waals surface area contributed by atoms with E-state index in [4.69, 9.17) is 5.84 Å². The van der Waals surface area contributed by atoms with Gasteiger partial charge >= 0.3 is 10.2 Å². The first-order valence-electron chi connectivity index (χ1n) is 6.31. The zero-order valence-electron chi connectivity index (χ0n) is 11.2. The lowest BCUT2D eigenvalue weighted by Gasteiger charge is -2.34. The molecule has 110 valence electrons. The number of hydrazine groups is 1. The maximum atomic E-state index is 12.4. The predicted octanol–water partition coefficient (Wildman–Crippen LogP) is -0.459. The van der Waals surface area contributed by atoms with Crippen molar-refractivity contribution >= 4 is 16.1 Å². The van der Waals surface area contributed by atoms with Gasteiger partial charge in [0.05, 0.1) is 0 Å². The lowest BCUT2D eigenvalue weighted by Crippen LogP contribution is -2.58. The second-order valence-electron chi connectivity index (χ2n) is 4.64. The van der Waals surface area contributed by atoms with E-state index in [-0.39, 0.29) is 11.6 Å². The molecule has 1 fully saturated rings. The Morgan fingerprint density at radius 2 is 2.05 bits per heavy atom. The normalized spacial score (nSPS) is 20.6. The summed E-state index contributed by atoms with van der Waals surface area (Å²) in [4.78, 5) is 12.1. The average Bonchev–Trinajstić information content (AvgIpc) is 2.47. The SMILES string of the molecule is CC1CNCCN1S(=O)(=O)N(N)C(=O)c1ccccc1. The molecule has 1 aliphatic rings. The van der Waals surface area contributed by atoms with Crippen molar-refractivity contribution in [3.8, 4) is 0 Å². The molecule has 1 aromatic carbocycles. The topological polar surface area (TPSA) is 95.7 Å². The Morgan fingerprint density at radius 1 is 1.40 bits per heavy atom. The third-order valence-electron chi connectivity index (χ3n) is 3.21. The Balaban J connectivity index is 2.23. The number of hydrogen-bond acceptors (Lipinski definition) is 5. The van der Waals surface area contributed by atoms with E-state index >= 15 is 0 Å². The fourth-order valence-corrected chi connectivity index (χ4v) is 3.48. The Morgan fingerprint density at radius 3 is 2.65 bits per heavy atom. The first kappa shape index (κ1) is 14.9. The van der Waals surface area contributed by atoms with Crippen molar-refractivity contribution in [1.82, 2.24) is 14.0 Å². The van der Waals surface area contributed by atoms with Gasteiger partial charge in [-0.25, -0.2) is 5.84 Å². The third kappa shape index (κ3) is 2.83. The van der Waals surface area contributed by atoms with E-state index in [0.717, 1.165) is 0 Å². The number of nitrogens with one attached hydrogen (secondary N) is 1. The molecule has 0 radical (unpaired) electrons. The summed E-state index contributed by atoms with van der Waals surface area (Å²) >= 11 is 0. The maximum absolute atomic E-state index is 12.4. The molecule has 0 spiro atoms. The predicted molar refractivity (Wildman–Crippen MR) is 74.8 cm³/mol. The van der Waals surface area contributed by atoms with E-state index < -0.39 is 16.1 Å². The van der Waals surface area contributed by atoms with Gasteiger partial charge in [-0.05, 0) is 19.1 Å². The molecular formula is C12H18N4O3S. The number of rotatable bonds is 3. The van der Waals surface area contributed by atoms with Crippen LogP contribution in [-0.4, -0.2) is 48.7 Å². The summed E-state index contributed by atoms with van der Waals surface area (Å²) in [7, 11) is -4.00. The molecule has 0 saturated carbocycles. The minimum atomic E-state index is -4.00. The molecule has 1 saturated heterocycles. The van der Waals surface area contributed by atoms with Gasteiger partial charge in [-0.1, -0.05) is 18.2 Å². The lowest BCUT2D eigenvalue weighted by atomic mass is 10.2. The van der Waals surface area contributed by atoms with E-state index in [1.807, 2.05) is 0 Å². The first-order valence-corrected chi connectivity index (χ1v) is 7.71. The number of amides is 1. The molecule has 1 aromatic rings. The van der Waals surface area contributed by atoms with Gasteiger partial charge in [0.25, 0.3) is 5.91 Å². The highest BCUT2D eigenvalue weighted by Crippen LogP contribution is 2.14.